The summed E-state index contributed by atoms with van der Waals surface area (Å²) in [4.78, 5) is 15.7. The molecule has 20 heavy (non-hydrogen) atoms. The highest BCUT2D eigenvalue weighted by atomic mass is 16.5. The molecule has 0 bridgehead atoms. The highest BCUT2D eigenvalue weighted by molar-refractivity contribution is 5.89. The monoisotopic (exact) mass is 268 g/mol. The molecule has 0 saturated carbocycles. The number of fused-ring (bicyclic) bond motifs is 1. The van der Waals surface area contributed by atoms with Crippen LogP contribution in [0, 0.1) is 6.92 Å². The van der Waals surface area contributed by atoms with Crippen LogP contribution in [0.5, 0.6) is 0 Å². The molecule has 0 atom stereocenters. The van der Waals surface area contributed by atoms with E-state index in [9.17, 15) is 4.79 Å². The van der Waals surface area contributed by atoms with Gasteiger partial charge in [-0.2, -0.15) is 0 Å². The lowest BCUT2D eigenvalue weighted by atomic mass is 10.2. The average molecular weight is 268 g/mol. The van der Waals surface area contributed by atoms with Gasteiger partial charge in [0.15, 0.2) is 11.5 Å². The summed E-state index contributed by atoms with van der Waals surface area (Å²) in [6, 6.07) is 5.36. The first kappa shape index (κ1) is 12.3. The Hall–Kier alpha value is -2.76. The highest BCUT2D eigenvalue weighted by Gasteiger charge is 2.12. The van der Waals surface area contributed by atoms with Crippen LogP contribution in [0.4, 0.5) is 0 Å². The Labute approximate surface area is 115 Å². The molecule has 3 aromatic rings. The molecule has 3 heterocycles. The molecule has 0 amide bonds. The lowest BCUT2D eigenvalue weighted by Gasteiger charge is -2.03. The minimum atomic E-state index is -0.395. The fourth-order valence-corrected chi connectivity index (χ4v) is 2.00. The van der Waals surface area contributed by atoms with E-state index in [2.05, 4.69) is 15.2 Å². The molecule has 6 heteroatoms. The molecule has 0 N–H and O–H groups in total. The third kappa shape index (κ3) is 2.01. The molecular formula is C14H12N4O2. The molecule has 0 aliphatic heterocycles. The van der Waals surface area contributed by atoms with Gasteiger partial charge in [0.2, 0.25) is 0 Å². The van der Waals surface area contributed by atoms with Crippen molar-refractivity contribution in [3.63, 3.8) is 0 Å². The molecule has 0 spiro atoms. The maximum atomic E-state index is 11.6. The van der Waals surface area contributed by atoms with Gasteiger partial charge in [-0.1, -0.05) is 0 Å². The summed E-state index contributed by atoms with van der Waals surface area (Å²) in [5.41, 5.74) is 2.98. The molecule has 0 unspecified atom stereocenters. The molecule has 0 fully saturated rings. The molecule has 3 rings (SSSR count). The van der Waals surface area contributed by atoms with Crippen molar-refractivity contribution in [2.45, 2.75) is 6.92 Å². The van der Waals surface area contributed by atoms with Gasteiger partial charge in [0.1, 0.15) is 0 Å². The van der Waals surface area contributed by atoms with Crippen LogP contribution in [0.2, 0.25) is 0 Å². The van der Waals surface area contributed by atoms with Crippen LogP contribution in [0.15, 0.2) is 36.8 Å². The Kier molecular flexibility index (Phi) is 2.90. The molecule has 100 valence electrons. The molecule has 6 nitrogen and oxygen atoms in total. The summed E-state index contributed by atoms with van der Waals surface area (Å²) in [6.45, 7) is 1.96. The van der Waals surface area contributed by atoms with Crippen molar-refractivity contribution in [2.75, 3.05) is 7.11 Å². The fraction of sp³-hybridized carbons (Fsp3) is 0.143. The van der Waals surface area contributed by atoms with Crippen LogP contribution in [0.25, 0.3) is 17.0 Å². The van der Waals surface area contributed by atoms with Crippen molar-refractivity contribution in [3.05, 3.63) is 47.9 Å². The molecular weight excluding hydrogens is 256 g/mol. The topological polar surface area (TPSA) is 69.4 Å². The summed E-state index contributed by atoms with van der Waals surface area (Å²) >= 11 is 0. The summed E-state index contributed by atoms with van der Waals surface area (Å²) in [5, 5.41) is 8.24. The van der Waals surface area contributed by atoms with Gasteiger partial charge in [0.05, 0.1) is 12.7 Å². The fourth-order valence-electron chi connectivity index (χ4n) is 2.00. The normalized spacial score (nSPS) is 10.7. The van der Waals surface area contributed by atoms with Crippen LogP contribution in [-0.2, 0) is 4.74 Å². The van der Waals surface area contributed by atoms with Gasteiger partial charge in [-0.25, -0.2) is 4.79 Å². The van der Waals surface area contributed by atoms with E-state index >= 15 is 0 Å². The quantitative estimate of drug-likeness (QED) is 0.664. The molecule has 0 aliphatic carbocycles. The number of carbonyl (C=O) groups excluding carboxylic acids is 1. The van der Waals surface area contributed by atoms with Gasteiger partial charge in [0.25, 0.3) is 0 Å². The Bertz CT molecular complexity index is 795. The molecule has 0 aliphatic rings. The van der Waals surface area contributed by atoms with Crippen molar-refractivity contribution in [2.24, 2.45) is 0 Å². The van der Waals surface area contributed by atoms with Crippen LogP contribution in [-0.4, -0.2) is 32.7 Å². The second-order valence-electron chi connectivity index (χ2n) is 4.41. The number of rotatable bonds is 2. The zero-order valence-corrected chi connectivity index (χ0v) is 11.1. The summed E-state index contributed by atoms with van der Waals surface area (Å²) in [5.74, 6) is 0.246. The lowest BCUT2D eigenvalue weighted by Crippen LogP contribution is -2.03. The van der Waals surface area contributed by atoms with Crippen molar-refractivity contribution < 1.29 is 9.53 Å². The van der Waals surface area contributed by atoms with Gasteiger partial charge in [0, 0.05) is 24.2 Å². The summed E-state index contributed by atoms with van der Waals surface area (Å²) in [6.07, 6.45) is 5.15. The van der Waals surface area contributed by atoms with Crippen LogP contribution >= 0.6 is 0 Å². The van der Waals surface area contributed by atoms with Crippen LogP contribution in [0.3, 0.4) is 0 Å². The zero-order valence-electron chi connectivity index (χ0n) is 11.1. The summed E-state index contributed by atoms with van der Waals surface area (Å²) in [7, 11) is 1.35. The highest BCUT2D eigenvalue weighted by Crippen LogP contribution is 2.19. The standard InChI is InChI=1S/C14H12N4O2/c1-9-5-11(7-15-6-9)13-17-16-12-4-3-10(8-18(12)13)14(19)20-2/h3-8H,1-2H3. The van der Waals surface area contributed by atoms with Crippen LogP contribution in [0.1, 0.15) is 15.9 Å². The second-order valence-corrected chi connectivity index (χ2v) is 4.41. The zero-order chi connectivity index (χ0) is 14.1. The minimum absolute atomic E-state index is 0.395. The molecule has 0 saturated heterocycles. The first-order valence-corrected chi connectivity index (χ1v) is 6.04. The predicted molar refractivity (Wildman–Crippen MR) is 72.3 cm³/mol. The van der Waals surface area contributed by atoms with E-state index in [0.717, 1.165) is 11.1 Å². The van der Waals surface area contributed by atoms with Crippen LogP contribution < -0.4 is 0 Å². The third-order valence-corrected chi connectivity index (χ3v) is 2.96. The largest absolute Gasteiger partial charge is 0.465 e. The van der Waals surface area contributed by atoms with Gasteiger partial charge >= 0.3 is 5.97 Å². The number of ether oxygens (including phenoxy) is 1. The van der Waals surface area contributed by atoms with Gasteiger partial charge in [-0.3, -0.25) is 9.38 Å². The van der Waals surface area contributed by atoms with Crippen molar-refractivity contribution >= 4 is 11.6 Å². The number of carbonyl (C=O) groups is 1. The Morgan fingerprint density at radius 2 is 2.10 bits per heavy atom. The van der Waals surface area contributed by atoms with Gasteiger partial charge in [-0.15, -0.1) is 10.2 Å². The number of hydrogen-bond donors (Lipinski definition) is 0. The predicted octanol–water partition coefficient (Wildman–Crippen LogP) is 1.89. The average Bonchev–Trinajstić information content (AvgIpc) is 2.89. The Morgan fingerprint density at radius 3 is 2.85 bits per heavy atom. The maximum absolute atomic E-state index is 11.6. The number of methoxy groups -OCH3 is 1. The van der Waals surface area contributed by atoms with E-state index in [1.807, 2.05) is 13.0 Å². The Balaban J connectivity index is 2.19. The van der Waals surface area contributed by atoms with E-state index < -0.39 is 5.97 Å². The lowest BCUT2D eigenvalue weighted by molar-refractivity contribution is 0.0600. The van der Waals surface area contributed by atoms with Crippen molar-refractivity contribution in [1.82, 2.24) is 19.6 Å². The molecule has 0 radical (unpaired) electrons. The van der Waals surface area contributed by atoms with Gasteiger partial charge in [-0.05, 0) is 30.7 Å². The van der Waals surface area contributed by atoms with Crippen molar-refractivity contribution in [1.29, 1.82) is 0 Å². The van der Waals surface area contributed by atoms with Crippen molar-refractivity contribution in [3.8, 4) is 11.4 Å². The number of hydrogen-bond acceptors (Lipinski definition) is 5. The first-order chi connectivity index (χ1) is 9.69. The molecule has 0 aromatic carbocycles. The number of esters is 1. The van der Waals surface area contributed by atoms with E-state index in [0.29, 0.717) is 17.0 Å². The Morgan fingerprint density at radius 1 is 1.25 bits per heavy atom. The minimum Gasteiger partial charge on any atom is -0.465 e. The molecule has 3 aromatic heterocycles. The summed E-state index contributed by atoms with van der Waals surface area (Å²) < 4.78 is 6.47. The smallest absolute Gasteiger partial charge is 0.339 e. The number of nitrogens with zero attached hydrogens (tertiary/aromatic N) is 4. The number of aryl methyl sites for hydroxylation is 1. The number of aromatic nitrogens is 4. The van der Waals surface area contributed by atoms with E-state index in [1.54, 1.807) is 35.1 Å². The van der Waals surface area contributed by atoms with Gasteiger partial charge < -0.3 is 4.74 Å². The van der Waals surface area contributed by atoms with E-state index in [1.165, 1.54) is 7.11 Å². The van der Waals surface area contributed by atoms with E-state index in [4.69, 9.17) is 4.74 Å². The maximum Gasteiger partial charge on any atom is 0.339 e. The third-order valence-electron chi connectivity index (χ3n) is 2.96. The van der Waals surface area contributed by atoms with E-state index in [-0.39, 0.29) is 0 Å². The second kappa shape index (κ2) is 4.73. The number of pyridine rings is 2. The SMILES string of the molecule is COC(=O)c1ccc2nnc(-c3cncc(C)c3)n2c1. The first-order valence-electron chi connectivity index (χ1n) is 6.04.